The van der Waals surface area contributed by atoms with Gasteiger partial charge in [-0.2, -0.15) is 4.31 Å². The molecule has 0 atom stereocenters. The van der Waals surface area contributed by atoms with Gasteiger partial charge < -0.3 is 14.4 Å². The molecule has 0 spiro atoms. The maximum Gasteiger partial charge on any atom is 0.261 e. The predicted molar refractivity (Wildman–Crippen MR) is 116 cm³/mol. The van der Waals surface area contributed by atoms with Crippen molar-refractivity contribution in [3.05, 3.63) is 48.5 Å². The lowest BCUT2D eigenvalue weighted by atomic mass is 10.2. The molecule has 168 valence electrons. The van der Waals surface area contributed by atoms with Crippen LogP contribution < -0.4 is 9.62 Å². The van der Waals surface area contributed by atoms with Crippen LogP contribution in [0.5, 0.6) is 0 Å². The molecule has 2 aromatic rings. The van der Waals surface area contributed by atoms with Crippen molar-refractivity contribution in [2.75, 3.05) is 62.2 Å². The van der Waals surface area contributed by atoms with Gasteiger partial charge in [0.15, 0.2) is 0 Å². The summed E-state index contributed by atoms with van der Waals surface area (Å²) in [6.45, 7) is 4.01. The van der Waals surface area contributed by atoms with Crippen molar-refractivity contribution < 1.29 is 26.3 Å². The smallest absolute Gasteiger partial charge is 0.261 e. The molecule has 4 rings (SSSR count). The highest BCUT2D eigenvalue weighted by atomic mass is 32.2. The lowest BCUT2D eigenvalue weighted by molar-refractivity contribution is 0.0730. The van der Waals surface area contributed by atoms with Crippen LogP contribution in [0.15, 0.2) is 58.3 Å². The zero-order valence-corrected chi connectivity index (χ0v) is 18.6. The number of sulfonamides is 2. The summed E-state index contributed by atoms with van der Waals surface area (Å²) in [5, 5.41) is 0. The summed E-state index contributed by atoms with van der Waals surface area (Å²) in [6, 6.07) is 12.4. The minimum Gasteiger partial charge on any atom is -0.379 e. The molecule has 0 radical (unpaired) electrons. The van der Waals surface area contributed by atoms with Gasteiger partial charge in [0.1, 0.15) is 0 Å². The fraction of sp³-hybridized carbons (Fsp3) is 0.400. The molecule has 2 fully saturated rings. The Hall–Kier alpha value is -2.18. The lowest BCUT2D eigenvalue weighted by Gasteiger charge is -2.29. The van der Waals surface area contributed by atoms with E-state index >= 15 is 0 Å². The Morgan fingerprint density at radius 3 is 1.97 bits per heavy atom. The predicted octanol–water partition coefficient (Wildman–Crippen LogP) is 1.34. The summed E-state index contributed by atoms with van der Waals surface area (Å²) in [7, 11) is -7.55. The standard InChI is InChI=1S/C20H25N3O6S2/c24-30(25,21-17-2-1-3-18(16-17)22-8-12-28-13-9-22)19-4-6-20(7-5-19)31(26,27)23-10-14-29-15-11-23/h1-7,16,21H,8-15H2. The molecule has 2 aliphatic rings. The Balaban J connectivity index is 1.50. The minimum atomic E-state index is -3.87. The molecule has 9 nitrogen and oxygen atoms in total. The van der Waals surface area contributed by atoms with E-state index in [1.165, 1.54) is 28.6 Å². The molecule has 2 heterocycles. The van der Waals surface area contributed by atoms with E-state index in [1.54, 1.807) is 18.2 Å². The van der Waals surface area contributed by atoms with Crippen LogP contribution >= 0.6 is 0 Å². The normalized spacial score (nSPS) is 18.6. The first kappa shape index (κ1) is 22.0. The van der Waals surface area contributed by atoms with E-state index < -0.39 is 20.0 Å². The SMILES string of the molecule is O=S(=O)(Nc1cccc(N2CCOCC2)c1)c1ccc(S(=O)(=O)N2CCOCC2)cc1. The Labute approximate surface area is 182 Å². The van der Waals surface area contributed by atoms with Gasteiger partial charge >= 0.3 is 0 Å². The van der Waals surface area contributed by atoms with Gasteiger partial charge in [0.05, 0.1) is 41.9 Å². The third-order valence-corrected chi connectivity index (χ3v) is 8.53. The molecule has 0 bridgehead atoms. The van der Waals surface area contributed by atoms with Crippen LogP contribution in [0.1, 0.15) is 0 Å². The van der Waals surface area contributed by atoms with Crippen molar-refractivity contribution in [1.29, 1.82) is 0 Å². The van der Waals surface area contributed by atoms with Gasteiger partial charge in [0.2, 0.25) is 10.0 Å². The molecule has 0 saturated carbocycles. The molecule has 0 aromatic heterocycles. The topological polar surface area (TPSA) is 105 Å². The number of benzene rings is 2. The van der Waals surface area contributed by atoms with Gasteiger partial charge in [0, 0.05) is 31.9 Å². The number of hydrogen-bond donors (Lipinski definition) is 1. The van der Waals surface area contributed by atoms with Gasteiger partial charge in [-0.05, 0) is 42.5 Å². The average molecular weight is 468 g/mol. The van der Waals surface area contributed by atoms with Gasteiger partial charge in [-0.3, -0.25) is 4.72 Å². The molecule has 0 aliphatic carbocycles. The molecule has 31 heavy (non-hydrogen) atoms. The Morgan fingerprint density at radius 1 is 0.742 bits per heavy atom. The highest BCUT2D eigenvalue weighted by Gasteiger charge is 2.27. The van der Waals surface area contributed by atoms with E-state index in [1.807, 2.05) is 6.07 Å². The third-order valence-electron chi connectivity index (χ3n) is 5.22. The van der Waals surface area contributed by atoms with E-state index in [4.69, 9.17) is 9.47 Å². The zero-order chi connectivity index (χ0) is 21.9. The molecular formula is C20H25N3O6S2. The average Bonchev–Trinajstić information content (AvgIpc) is 2.80. The zero-order valence-electron chi connectivity index (χ0n) is 16.9. The third kappa shape index (κ3) is 5.01. The number of nitrogens with zero attached hydrogens (tertiary/aromatic N) is 2. The lowest BCUT2D eigenvalue weighted by Crippen LogP contribution is -2.40. The molecule has 11 heteroatoms. The second-order valence-electron chi connectivity index (χ2n) is 7.24. The van der Waals surface area contributed by atoms with Crippen molar-refractivity contribution in [2.45, 2.75) is 9.79 Å². The largest absolute Gasteiger partial charge is 0.379 e. The van der Waals surface area contributed by atoms with Crippen molar-refractivity contribution in [3.8, 4) is 0 Å². The summed E-state index contributed by atoms with van der Waals surface area (Å²) in [5.74, 6) is 0. The Kier molecular flexibility index (Phi) is 6.49. The first-order valence-corrected chi connectivity index (χ1v) is 12.9. The second-order valence-corrected chi connectivity index (χ2v) is 10.9. The van der Waals surface area contributed by atoms with Crippen LogP contribution in [-0.2, 0) is 29.5 Å². The highest BCUT2D eigenvalue weighted by Crippen LogP contribution is 2.24. The first-order valence-electron chi connectivity index (χ1n) is 10.00. The molecule has 2 saturated heterocycles. The van der Waals surface area contributed by atoms with Crippen LogP contribution in [0.4, 0.5) is 11.4 Å². The number of nitrogens with one attached hydrogen (secondary N) is 1. The quantitative estimate of drug-likeness (QED) is 0.684. The summed E-state index contributed by atoms with van der Waals surface area (Å²) >= 11 is 0. The van der Waals surface area contributed by atoms with E-state index in [0.717, 1.165) is 18.8 Å². The second kappa shape index (κ2) is 9.13. The van der Waals surface area contributed by atoms with E-state index in [2.05, 4.69) is 9.62 Å². The van der Waals surface area contributed by atoms with Crippen LogP contribution in [0, 0.1) is 0 Å². The first-order chi connectivity index (χ1) is 14.9. The van der Waals surface area contributed by atoms with Crippen molar-refractivity contribution in [2.24, 2.45) is 0 Å². The molecule has 1 N–H and O–H groups in total. The fourth-order valence-electron chi connectivity index (χ4n) is 3.53. The van der Waals surface area contributed by atoms with E-state index in [-0.39, 0.29) is 22.9 Å². The maximum absolute atomic E-state index is 12.8. The molecular weight excluding hydrogens is 442 g/mol. The summed E-state index contributed by atoms with van der Waals surface area (Å²) in [5.41, 5.74) is 1.35. The maximum atomic E-state index is 12.8. The van der Waals surface area contributed by atoms with Gasteiger partial charge in [0.25, 0.3) is 10.0 Å². The van der Waals surface area contributed by atoms with Crippen LogP contribution in [0.3, 0.4) is 0 Å². The molecule has 0 unspecified atom stereocenters. The minimum absolute atomic E-state index is 0.00907. The number of morpholine rings is 2. The number of hydrogen-bond acceptors (Lipinski definition) is 7. The highest BCUT2D eigenvalue weighted by molar-refractivity contribution is 7.92. The van der Waals surface area contributed by atoms with Crippen LogP contribution in [0.2, 0.25) is 0 Å². The van der Waals surface area contributed by atoms with Crippen molar-refractivity contribution in [3.63, 3.8) is 0 Å². The fourth-order valence-corrected chi connectivity index (χ4v) is 5.99. The Morgan fingerprint density at radius 2 is 1.32 bits per heavy atom. The van der Waals surface area contributed by atoms with E-state index in [9.17, 15) is 16.8 Å². The van der Waals surface area contributed by atoms with Gasteiger partial charge in [-0.25, -0.2) is 16.8 Å². The van der Waals surface area contributed by atoms with E-state index in [0.29, 0.717) is 32.1 Å². The molecule has 0 amide bonds. The summed E-state index contributed by atoms with van der Waals surface area (Å²) in [6.07, 6.45) is 0. The molecule has 2 aliphatic heterocycles. The van der Waals surface area contributed by atoms with Gasteiger partial charge in [-0.1, -0.05) is 6.07 Å². The van der Waals surface area contributed by atoms with Crippen molar-refractivity contribution in [1.82, 2.24) is 4.31 Å². The number of anilines is 2. The summed E-state index contributed by atoms with van der Waals surface area (Å²) < 4.78 is 65.6. The number of rotatable bonds is 6. The Bertz CT molecular complexity index is 1110. The monoisotopic (exact) mass is 467 g/mol. The molecule has 2 aromatic carbocycles. The van der Waals surface area contributed by atoms with Crippen LogP contribution in [-0.4, -0.2) is 73.7 Å². The van der Waals surface area contributed by atoms with Crippen molar-refractivity contribution >= 4 is 31.4 Å². The summed E-state index contributed by atoms with van der Waals surface area (Å²) in [4.78, 5) is 2.18. The van der Waals surface area contributed by atoms with Crippen LogP contribution in [0.25, 0.3) is 0 Å². The number of ether oxygens (including phenoxy) is 2. The van der Waals surface area contributed by atoms with Gasteiger partial charge in [-0.15, -0.1) is 0 Å².